The third-order valence-electron chi connectivity index (χ3n) is 4.61. The van der Waals surface area contributed by atoms with Crippen LogP contribution in [-0.4, -0.2) is 45.5 Å². The van der Waals surface area contributed by atoms with Crippen LogP contribution in [0, 0.1) is 0 Å². The second-order valence-electron chi connectivity index (χ2n) is 6.84. The summed E-state index contributed by atoms with van der Waals surface area (Å²) >= 11 is 0. The predicted molar refractivity (Wildman–Crippen MR) is 107 cm³/mol. The molecule has 2 atom stereocenters. The summed E-state index contributed by atoms with van der Waals surface area (Å²) < 4.78 is 50.5. The summed E-state index contributed by atoms with van der Waals surface area (Å²) in [6.07, 6.45) is 0. The van der Waals surface area contributed by atoms with Gasteiger partial charge in [0.05, 0.1) is 21.7 Å². The van der Waals surface area contributed by atoms with E-state index in [9.17, 15) is 21.6 Å². The molecular weight excluding hydrogens is 400 g/mol. The maximum atomic E-state index is 13.1. The predicted octanol–water partition coefficient (Wildman–Crippen LogP) is 1.37. The van der Waals surface area contributed by atoms with Crippen molar-refractivity contribution in [2.24, 2.45) is 0 Å². The molecule has 1 heterocycles. The highest BCUT2D eigenvalue weighted by Gasteiger charge is 2.45. The Morgan fingerprint density at radius 1 is 1.04 bits per heavy atom. The molecule has 9 heteroatoms. The SMILES string of the molecule is CC(=O)Nc1ccc(S(=O)(=O)C2CS(=O)(=O)CC2NCc2ccccc2)cc1. The van der Waals surface area contributed by atoms with E-state index in [1.165, 1.54) is 31.2 Å². The van der Waals surface area contributed by atoms with Crippen LogP contribution in [0.1, 0.15) is 12.5 Å². The van der Waals surface area contributed by atoms with Crippen molar-refractivity contribution >= 4 is 31.3 Å². The molecule has 2 N–H and O–H groups in total. The van der Waals surface area contributed by atoms with Crippen LogP contribution in [0.2, 0.25) is 0 Å². The topological polar surface area (TPSA) is 109 Å². The minimum atomic E-state index is -3.86. The molecule has 1 saturated heterocycles. The summed E-state index contributed by atoms with van der Waals surface area (Å²) in [5.41, 5.74) is 1.42. The van der Waals surface area contributed by atoms with Crippen molar-refractivity contribution in [1.82, 2.24) is 5.32 Å². The fourth-order valence-corrected chi connectivity index (χ4v) is 7.98. The highest BCUT2D eigenvalue weighted by Crippen LogP contribution is 2.27. The number of sulfone groups is 2. The van der Waals surface area contributed by atoms with Gasteiger partial charge in [-0.05, 0) is 29.8 Å². The molecule has 28 heavy (non-hydrogen) atoms. The molecule has 7 nitrogen and oxygen atoms in total. The van der Waals surface area contributed by atoms with E-state index in [0.717, 1.165) is 5.56 Å². The molecule has 2 unspecified atom stereocenters. The molecular formula is C19H22N2O5S2. The Balaban J connectivity index is 1.82. The van der Waals surface area contributed by atoms with Gasteiger partial charge in [0.2, 0.25) is 5.91 Å². The summed E-state index contributed by atoms with van der Waals surface area (Å²) in [5.74, 6) is -0.883. The fraction of sp³-hybridized carbons (Fsp3) is 0.316. The van der Waals surface area contributed by atoms with E-state index in [4.69, 9.17) is 0 Å². The Morgan fingerprint density at radius 3 is 2.29 bits per heavy atom. The zero-order valence-electron chi connectivity index (χ0n) is 15.3. The number of rotatable bonds is 6. The first kappa shape index (κ1) is 20.5. The summed E-state index contributed by atoms with van der Waals surface area (Å²) in [6.45, 7) is 1.74. The number of nitrogens with one attached hydrogen (secondary N) is 2. The minimum Gasteiger partial charge on any atom is -0.326 e. The van der Waals surface area contributed by atoms with Crippen molar-refractivity contribution in [2.75, 3.05) is 16.8 Å². The lowest BCUT2D eigenvalue weighted by molar-refractivity contribution is -0.114. The van der Waals surface area contributed by atoms with Gasteiger partial charge in [-0.1, -0.05) is 30.3 Å². The van der Waals surface area contributed by atoms with Gasteiger partial charge in [-0.2, -0.15) is 0 Å². The molecule has 0 aromatic heterocycles. The molecule has 1 amide bonds. The molecule has 2 aromatic carbocycles. The Kier molecular flexibility index (Phi) is 5.87. The maximum absolute atomic E-state index is 13.1. The summed E-state index contributed by atoms with van der Waals surface area (Å²) in [5, 5.41) is 4.61. The van der Waals surface area contributed by atoms with Gasteiger partial charge in [0.25, 0.3) is 0 Å². The molecule has 2 aromatic rings. The average molecular weight is 423 g/mol. The Bertz CT molecular complexity index is 1050. The normalized spacial score (nSPS) is 21.3. The van der Waals surface area contributed by atoms with E-state index in [1.807, 2.05) is 30.3 Å². The largest absolute Gasteiger partial charge is 0.326 e. The van der Waals surface area contributed by atoms with Gasteiger partial charge in [-0.3, -0.25) is 4.79 Å². The van der Waals surface area contributed by atoms with Gasteiger partial charge in [-0.25, -0.2) is 16.8 Å². The lowest BCUT2D eigenvalue weighted by Crippen LogP contribution is -2.43. The number of benzene rings is 2. The molecule has 1 fully saturated rings. The monoisotopic (exact) mass is 422 g/mol. The van der Waals surface area contributed by atoms with Crippen LogP contribution in [0.3, 0.4) is 0 Å². The molecule has 0 spiro atoms. The number of hydrogen-bond donors (Lipinski definition) is 2. The van der Waals surface area contributed by atoms with E-state index in [0.29, 0.717) is 12.2 Å². The molecule has 3 rings (SSSR count). The van der Waals surface area contributed by atoms with Crippen molar-refractivity contribution in [1.29, 1.82) is 0 Å². The number of anilines is 1. The van der Waals surface area contributed by atoms with Crippen LogP contribution in [0.25, 0.3) is 0 Å². The van der Waals surface area contributed by atoms with E-state index in [2.05, 4.69) is 10.6 Å². The third-order valence-corrected chi connectivity index (χ3v) is 8.78. The first-order valence-corrected chi connectivity index (χ1v) is 12.1. The minimum absolute atomic E-state index is 0.0372. The highest BCUT2D eigenvalue weighted by molar-refractivity contribution is 7.96. The van der Waals surface area contributed by atoms with Crippen LogP contribution >= 0.6 is 0 Å². The van der Waals surface area contributed by atoms with Gasteiger partial charge < -0.3 is 10.6 Å². The summed E-state index contributed by atoms with van der Waals surface area (Å²) in [7, 11) is -7.33. The second kappa shape index (κ2) is 8.02. The third kappa shape index (κ3) is 4.78. The molecule has 150 valence electrons. The quantitative estimate of drug-likeness (QED) is 0.728. The van der Waals surface area contributed by atoms with Gasteiger partial charge in [0, 0.05) is 25.2 Å². The van der Waals surface area contributed by atoms with Crippen LogP contribution in [0.5, 0.6) is 0 Å². The van der Waals surface area contributed by atoms with Crippen molar-refractivity contribution in [3.8, 4) is 0 Å². The molecule has 1 aliphatic heterocycles. The molecule has 0 bridgehead atoms. The van der Waals surface area contributed by atoms with E-state index in [1.54, 1.807) is 0 Å². The first-order valence-electron chi connectivity index (χ1n) is 8.77. The van der Waals surface area contributed by atoms with Crippen LogP contribution in [-0.2, 0) is 31.0 Å². The molecule has 0 saturated carbocycles. The fourth-order valence-electron chi connectivity index (χ4n) is 3.26. The van der Waals surface area contributed by atoms with Gasteiger partial charge in [-0.15, -0.1) is 0 Å². The standard InChI is InChI=1S/C19H22N2O5S2/c1-14(22)21-16-7-9-17(10-8-16)28(25,26)19-13-27(23,24)12-18(19)20-11-15-5-3-2-4-6-15/h2-10,18-20H,11-13H2,1H3,(H,21,22). The van der Waals surface area contributed by atoms with Crippen molar-refractivity contribution < 1.29 is 21.6 Å². The molecule has 1 aliphatic rings. The zero-order valence-corrected chi connectivity index (χ0v) is 17.0. The molecule has 0 aliphatic carbocycles. The van der Waals surface area contributed by atoms with Gasteiger partial charge in [0.15, 0.2) is 19.7 Å². The van der Waals surface area contributed by atoms with Crippen LogP contribution < -0.4 is 10.6 Å². The van der Waals surface area contributed by atoms with Crippen molar-refractivity contribution in [3.05, 3.63) is 60.2 Å². The average Bonchev–Trinajstić information content (AvgIpc) is 2.96. The smallest absolute Gasteiger partial charge is 0.221 e. The Morgan fingerprint density at radius 2 is 1.68 bits per heavy atom. The number of carbonyl (C=O) groups excluding carboxylic acids is 1. The second-order valence-corrected chi connectivity index (χ2v) is 11.2. The zero-order chi connectivity index (χ0) is 20.4. The molecule has 0 radical (unpaired) electrons. The Labute approximate surface area is 165 Å². The number of amides is 1. The number of carbonyl (C=O) groups is 1. The van der Waals surface area contributed by atoms with Crippen molar-refractivity contribution in [3.63, 3.8) is 0 Å². The lowest BCUT2D eigenvalue weighted by atomic mass is 10.2. The van der Waals surface area contributed by atoms with Gasteiger partial charge in [0.1, 0.15) is 0 Å². The highest BCUT2D eigenvalue weighted by atomic mass is 32.2. The summed E-state index contributed by atoms with van der Waals surface area (Å²) in [4.78, 5) is 11.1. The Hall–Kier alpha value is -2.23. The van der Waals surface area contributed by atoms with E-state index in [-0.39, 0.29) is 16.6 Å². The summed E-state index contributed by atoms with van der Waals surface area (Å²) in [6, 6.07) is 14.5. The van der Waals surface area contributed by atoms with Crippen molar-refractivity contribution in [2.45, 2.75) is 29.7 Å². The first-order chi connectivity index (χ1) is 13.2. The maximum Gasteiger partial charge on any atom is 0.221 e. The van der Waals surface area contributed by atoms with E-state index >= 15 is 0 Å². The van der Waals surface area contributed by atoms with E-state index < -0.39 is 36.7 Å². The number of hydrogen-bond acceptors (Lipinski definition) is 6. The van der Waals surface area contributed by atoms with Crippen LogP contribution in [0.4, 0.5) is 5.69 Å². The van der Waals surface area contributed by atoms with Crippen LogP contribution in [0.15, 0.2) is 59.5 Å². The lowest BCUT2D eigenvalue weighted by Gasteiger charge is -2.20. The van der Waals surface area contributed by atoms with Gasteiger partial charge >= 0.3 is 0 Å².